The Morgan fingerprint density at radius 1 is 1.57 bits per heavy atom. The summed E-state index contributed by atoms with van der Waals surface area (Å²) in [6.07, 6.45) is 6.51. The summed E-state index contributed by atoms with van der Waals surface area (Å²) in [5.74, 6) is 0. The first-order valence-electron chi connectivity index (χ1n) is 7.26. The summed E-state index contributed by atoms with van der Waals surface area (Å²) in [7, 11) is -1.92. The molecule has 0 spiro atoms. The minimum absolute atomic E-state index is 0.237. The molecule has 1 aromatic rings. The molecular weight excluding hydrogens is 288 g/mol. The van der Waals surface area contributed by atoms with Crippen molar-refractivity contribution >= 4 is 10.0 Å². The van der Waals surface area contributed by atoms with Crippen LogP contribution in [0.15, 0.2) is 29.4 Å². The van der Waals surface area contributed by atoms with E-state index in [0.29, 0.717) is 12.6 Å². The highest BCUT2D eigenvalue weighted by Gasteiger charge is 2.22. The van der Waals surface area contributed by atoms with E-state index in [2.05, 4.69) is 17.0 Å². The monoisotopic (exact) mass is 312 g/mol. The van der Waals surface area contributed by atoms with Gasteiger partial charge in [0.05, 0.1) is 6.20 Å². The summed E-state index contributed by atoms with van der Waals surface area (Å²) < 4.78 is 27.6. The summed E-state index contributed by atoms with van der Waals surface area (Å²) in [4.78, 5) is 0.237. The molecule has 118 valence electrons. The normalized spacial score (nSPS) is 15.6. The predicted octanol–water partition coefficient (Wildman–Crippen LogP) is 1.22. The summed E-state index contributed by atoms with van der Waals surface area (Å²) in [6.45, 7) is 7.54. The molecule has 0 aliphatic heterocycles. The van der Waals surface area contributed by atoms with Gasteiger partial charge in [-0.25, -0.2) is 8.42 Å². The molecule has 1 fully saturated rings. The highest BCUT2D eigenvalue weighted by Crippen LogP contribution is 2.18. The summed E-state index contributed by atoms with van der Waals surface area (Å²) in [5.41, 5.74) is 0.805. The van der Waals surface area contributed by atoms with E-state index in [4.69, 9.17) is 0 Å². The molecule has 1 aromatic heterocycles. The van der Waals surface area contributed by atoms with Crippen LogP contribution in [0.2, 0.25) is 0 Å². The van der Waals surface area contributed by atoms with Crippen molar-refractivity contribution in [1.82, 2.24) is 19.4 Å². The van der Waals surface area contributed by atoms with E-state index in [0.717, 1.165) is 25.1 Å². The average molecular weight is 312 g/mol. The minimum atomic E-state index is -3.47. The van der Waals surface area contributed by atoms with Crippen molar-refractivity contribution in [2.45, 2.75) is 43.7 Å². The lowest BCUT2D eigenvalue weighted by Gasteiger charge is -2.15. The van der Waals surface area contributed by atoms with E-state index in [1.807, 2.05) is 6.92 Å². The smallest absolute Gasteiger partial charge is 0.246 e. The topological polar surface area (TPSA) is 67.2 Å². The summed E-state index contributed by atoms with van der Waals surface area (Å²) >= 11 is 0. The maximum Gasteiger partial charge on any atom is 0.246 e. The molecule has 7 heteroatoms. The third-order valence-electron chi connectivity index (χ3n) is 3.38. The minimum Gasteiger partial charge on any atom is -0.314 e. The third kappa shape index (κ3) is 4.66. The Hall–Kier alpha value is -1.18. The van der Waals surface area contributed by atoms with Gasteiger partial charge in [0.15, 0.2) is 0 Å². The Morgan fingerprint density at radius 3 is 2.90 bits per heavy atom. The Balaban J connectivity index is 1.89. The number of sulfonamides is 1. The molecule has 0 bridgehead atoms. The standard InChI is InChI=1S/C14H24N4O2S/c1-12(2)10-17(3)21(19,20)14-9-16-18(11-14)8-4-7-15-13-5-6-13/h9,11,13,15H,1,4-8,10H2,2-3H3. The van der Waals surface area contributed by atoms with Gasteiger partial charge in [0.1, 0.15) is 4.90 Å². The van der Waals surface area contributed by atoms with Crippen LogP contribution in [0.3, 0.4) is 0 Å². The van der Waals surface area contributed by atoms with E-state index in [1.54, 1.807) is 17.9 Å². The van der Waals surface area contributed by atoms with E-state index >= 15 is 0 Å². The van der Waals surface area contributed by atoms with E-state index in [-0.39, 0.29) is 4.90 Å². The Kier molecular flexibility index (Phi) is 5.18. The average Bonchev–Trinajstić information content (AvgIpc) is 3.10. The van der Waals surface area contributed by atoms with Crippen LogP contribution in [0.1, 0.15) is 26.2 Å². The van der Waals surface area contributed by atoms with Gasteiger partial charge in [-0.2, -0.15) is 9.40 Å². The number of nitrogens with one attached hydrogen (secondary N) is 1. The molecule has 1 heterocycles. The largest absolute Gasteiger partial charge is 0.314 e. The second-order valence-electron chi connectivity index (χ2n) is 5.74. The van der Waals surface area contributed by atoms with E-state index in [1.165, 1.54) is 23.3 Å². The van der Waals surface area contributed by atoms with E-state index < -0.39 is 10.0 Å². The van der Waals surface area contributed by atoms with E-state index in [9.17, 15) is 8.42 Å². The van der Waals surface area contributed by atoms with Crippen LogP contribution in [-0.4, -0.2) is 48.7 Å². The van der Waals surface area contributed by atoms with Crippen molar-refractivity contribution in [2.75, 3.05) is 20.1 Å². The van der Waals surface area contributed by atoms with Crippen molar-refractivity contribution in [2.24, 2.45) is 0 Å². The number of likely N-dealkylation sites (N-methyl/N-ethyl adjacent to an activating group) is 1. The molecule has 1 saturated carbocycles. The van der Waals surface area contributed by atoms with Crippen molar-refractivity contribution in [3.8, 4) is 0 Å². The van der Waals surface area contributed by atoms with Gasteiger partial charge in [-0.15, -0.1) is 0 Å². The van der Waals surface area contributed by atoms with Crippen molar-refractivity contribution in [1.29, 1.82) is 0 Å². The lowest BCUT2D eigenvalue weighted by Crippen LogP contribution is -2.28. The predicted molar refractivity (Wildman–Crippen MR) is 82.5 cm³/mol. The number of aromatic nitrogens is 2. The van der Waals surface area contributed by atoms with Crippen molar-refractivity contribution in [3.05, 3.63) is 24.5 Å². The number of hydrogen-bond acceptors (Lipinski definition) is 4. The van der Waals surface area contributed by atoms with Crippen LogP contribution in [0.25, 0.3) is 0 Å². The molecule has 21 heavy (non-hydrogen) atoms. The molecular formula is C14H24N4O2S. The fourth-order valence-corrected chi connectivity index (χ4v) is 3.27. The molecule has 6 nitrogen and oxygen atoms in total. The molecule has 1 aliphatic carbocycles. The lowest BCUT2D eigenvalue weighted by molar-refractivity contribution is 0.492. The highest BCUT2D eigenvalue weighted by molar-refractivity contribution is 7.89. The maximum absolute atomic E-state index is 12.3. The van der Waals surface area contributed by atoms with Gasteiger partial charge < -0.3 is 5.32 Å². The Labute approximate surface area is 126 Å². The van der Waals surface area contributed by atoms with Crippen molar-refractivity contribution < 1.29 is 8.42 Å². The van der Waals surface area contributed by atoms with Crippen LogP contribution in [0.4, 0.5) is 0 Å². The number of aryl methyl sites for hydroxylation is 1. The molecule has 0 atom stereocenters. The van der Waals surface area contributed by atoms with Gasteiger partial charge in [0, 0.05) is 32.4 Å². The molecule has 0 saturated heterocycles. The van der Waals surface area contributed by atoms with Crippen LogP contribution in [0, 0.1) is 0 Å². The van der Waals surface area contributed by atoms with Gasteiger partial charge in [-0.1, -0.05) is 12.2 Å². The summed E-state index contributed by atoms with van der Waals surface area (Å²) in [6, 6.07) is 0.703. The first-order chi connectivity index (χ1) is 9.89. The number of hydrogen-bond donors (Lipinski definition) is 1. The van der Waals surface area contributed by atoms with Gasteiger partial charge in [-0.3, -0.25) is 4.68 Å². The fourth-order valence-electron chi connectivity index (χ4n) is 2.08. The maximum atomic E-state index is 12.3. The SMILES string of the molecule is C=C(C)CN(C)S(=O)(=O)c1cnn(CCCNC2CC2)c1. The fraction of sp³-hybridized carbons (Fsp3) is 0.643. The molecule has 0 amide bonds. The van der Waals surface area contributed by atoms with Gasteiger partial charge in [-0.05, 0) is 32.7 Å². The Bertz CT molecular complexity index is 590. The zero-order valence-electron chi connectivity index (χ0n) is 12.7. The second kappa shape index (κ2) is 6.72. The number of rotatable bonds is 9. The lowest BCUT2D eigenvalue weighted by atomic mass is 10.4. The first-order valence-corrected chi connectivity index (χ1v) is 8.70. The van der Waals surface area contributed by atoms with Gasteiger partial charge in [0.25, 0.3) is 0 Å². The van der Waals surface area contributed by atoms with Crippen LogP contribution < -0.4 is 5.32 Å². The van der Waals surface area contributed by atoms with Crippen LogP contribution in [0.5, 0.6) is 0 Å². The molecule has 1 N–H and O–H groups in total. The first kappa shape index (κ1) is 16.2. The third-order valence-corrected chi connectivity index (χ3v) is 5.14. The number of nitrogens with zero attached hydrogens (tertiary/aromatic N) is 3. The van der Waals surface area contributed by atoms with Crippen molar-refractivity contribution in [3.63, 3.8) is 0 Å². The molecule has 0 aromatic carbocycles. The van der Waals surface area contributed by atoms with Gasteiger partial charge >= 0.3 is 0 Å². The highest BCUT2D eigenvalue weighted by atomic mass is 32.2. The second-order valence-corrected chi connectivity index (χ2v) is 7.78. The molecule has 1 aliphatic rings. The molecule has 0 unspecified atom stereocenters. The van der Waals surface area contributed by atoms with Crippen LogP contribution >= 0.6 is 0 Å². The molecule has 2 rings (SSSR count). The molecule has 0 radical (unpaired) electrons. The quantitative estimate of drug-likeness (QED) is 0.550. The van der Waals surface area contributed by atoms with Crippen LogP contribution in [-0.2, 0) is 16.6 Å². The Morgan fingerprint density at radius 2 is 2.29 bits per heavy atom. The zero-order valence-corrected chi connectivity index (χ0v) is 13.6. The van der Waals surface area contributed by atoms with Gasteiger partial charge in [0.2, 0.25) is 10.0 Å². The zero-order chi connectivity index (χ0) is 15.5. The summed E-state index contributed by atoms with van der Waals surface area (Å²) in [5, 5.41) is 7.56.